The maximum atomic E-state index is 14.2. The number of carbonyl (C=O) groups is 4. The number of aryl methyl sites for hydroxylation is 2. The zero-order valence-corrected chi connectivity index (χ0v) is 41.5. The Morgan fingerprint density at radius 2 is 1.46 bits per heavy atom. The lowest BCUT2D eigenvalue weighted by Gasteiger charge is -2.39. The SMILES string of the molecule is CCc1cccc(-c2cnc(C(=O)N3CCC(CN4CCN(C(=O)c5ccc(N6CCN(Cc7cnc8cc(CC)c(=O)[nH]c8c7)CC6)cn5)CC4)CC3)c(NC(=O)CNC[C@H]3CCN(C)C(=O)C3)c2)c1. The van der Waals surface area contributed by atoms with Crippen LogP contribution in [0.15, 0.2) is 78.0 Å². The number of rotatable bonds is 15. The van der Waals surface area contributed by atoms with Crippen LogP contribution in [0.1, 0.15) is 77.2 Å². The van der Waals surface area contributed by atoms with Crippen molar-refractivity contribution in [2.75, 3.05) is 109 Å². The van der Waals surface area contributed by atoms with Gasteiger partial charge in [-0.2, -0.15) is 0 Å². The summed E-state index contributed by atoms with van der Waals surface area (Å²) in [5.41, 5.74) is 8.40. The molecule has 17 nitrogen and oxygen atoms in total. The first-order chi connectivity index (χ1) is 34.5. The number of aromatic amines is 1. The molecule has 17 heteroatoms. The van der Waals surface area contributed by atoms with E-state index in [0.717, 1.165) is 117 Å². The highest BCUT2D eigenvalue weighted by Gasteiger charge is 2.31. The first kappa shape index (κ1) is 49.4. The number of carbonyl (C=O) groups excluding carboxylic acids is 4. The number of benzene rings is 1. The first-order valence-electron chi connectivity index (χ1n) is 25.6. The molecule has 71 heavy (non-hydrogen) atoms. The van der Waals surface area contributed by atoms with Crippen LogP contribution in [-0.2, 0) is 29.0 Å². The van der Waals surface area contributed by atoms with Gasteiger partial charge in [0.2, 0.25) is 11.8 Å². The Bertz CT molecular complexity index is 2760. The van der Waals surface area contributed by atoms with Gasteiger partial charge >= 0.3 is 0 Å². The number of nitrogens with one attached hydrogen (secondary N) is 3. The maximum Gasteiger partial charge on any atom is 0.274 e. The number of hydrogen-bond acceptors (Lipinski definition) is 12. The largest absolute Gasteiger partial charge is 0.368 e. The van der Waals surface area contributed by atoms with Gasteiger partial charge < -0.3 is 35.2 Å². The number of anilines is 2. The Kier molecular flexibility index (Phi) is 15.8. The summed E-state index contributed by atoms with van der Waals surface area (Å²) in [6.07, 6.45) is 10.1. The molecule has 374 valence electrons. The Morgan fingerprint density at radius 3 is 2.20 bits per heavy atom. The Labute approximate surface area is 416 Å². The minimum absolute atomic E-state index is 0.0441. The summed E-state index contributed by atoms with van der Waals surface area (Å²) >= 11 is 0. The highest BCUT2D eigenvalue weighted by molar-refractivity contribution is 6.03. The number of pyridine rings is 4. The van der Waals surface area contributed by atoms with E-state index in [1.807, 2.05) is 78.6 Å². The fourth-order valence-corrected chi connectivity index (χ4v) is 10.4. The molecule has 0 saturated carbocycles. The van der Waals surface area contributed by atoms with Gasteiger partial charge in [-0.25, -0.2) is 9.97 Å². The summed E-state index contributed by atoms with van der Waals surface area (Å²) in [4.78, 5) is 95.2. The number of aromatic nitrogens is 4. The summed E-state index contributed by atoms with van der Waals surface area (Å²) in [6.45, 7) is 14.5. The Morgan fingerprint density at radius 1 is 0.704 bits per heavy atom. The number of H-pyrrole nitrogens is 1. The molecule has 1 aromatic carbocycles. The number of fused-ring (bicyclic) bond motifs is 1. The molecular formula is C54H68N12O5. The monoisotopic (exact) mass is 965 g/mol. The minimum Gasteiger partial charge on any atom is -0.368 e. The van der Waals surface area contributed by atoms with E-state index in [2.05, 4.69) is 64.3 Å². The second-order valence-corrected chi connectivity index (χ2v) is 19.8. The quantitative estimate of drug-likeness (QED) is 0.134. The molecule has 4 amide bonds. The van der Waals surface area contributed by atoms with Crippen molar-refractivity contribution in [1.82, 2.24) is 49.8 Å². The predicted molar refractivity (Wildman–Crippen MR) is 275 cm³/mol. The van der Waals surface area contributed by atoms with Gasteiger partial charge in [-0.1, -0.05) is 38.1 Å². The molecule has 1 atom stereocenters. The van der Waals surface area contributed by atoms with E-state index in [4.69, 9.17) is 0 Å². The van der Waals surface area contributed by atoms with Gasteiger partial charge in [0.15, 0.2) is 5.69 Å². The van der Waals surface area contributed by atoms with Crippen LogP contribution >= 0.6 is 0 Å². The number of piperazine rings is 2. The second kappa shape index (κ2) is 22.7. The fraction of sp³-hybridized carbons (Fsp3) is 0.481. The number of amides is 4. The van der Waals surface area contributed by atoms with Crippen molar-refractivity contribution < 1.29 is 19.2 Å². The second-order valence-electron chi connectivity index (χ2n) is 19.8. The van der Waals surface area contributed by atoms with Gasteiger partial charge in [0, 0.05) is 122 Å². The molecule has 4 aliphatic rings. The topological polar surface area (TPSA) is 183 Å². The van der Waals surface area contributed by atoms with Crippen LogP contribution in [0.3, 0.4) is 0 Å². The molecule has 5 aromatic rings. The van der Waals surface area contributed by atoms with Crippen LogP contribution in [0.4, 0.5) is 11.4 Å². The lowest BCUT2D eigenvalue weighted by molar-refractivity contribution is -0.133. The van der Waals surface area contributed by atoms with Gasteiger partial charge in [-0.15, -0.1) is 0 Å². The van der Waals surface area contributed by atoms with Crippen molar-refractivity contribution in [3.8, 4) is 11.1 Å². The van der Waals surface area contributed by atoms with E-state index in [1.165, 1.54) is 5.56 Å². The third-order valence-electron chi connectivity index (χ3n) is 14.9. The summed E-state index contributed by atoms with van der Waals surface area (Å²) < 4.78 is 0. The third-order valence-corrected chi connectivity index (χ3v) is 14.9. The molecule has 0 aliphatic carbocycles. The molecule has 4 saturated heterocycles. The molecular weight excluding hydrogens is 897 g/mol. The lowest BCUT2D eigenvalue weighted by Crippen LogP contribution is -2.51. The van der Waals surface area contributed by atoms with E-state index >= 15 is 0 Å². The number of hydrogen-bond donors (Lipinski definition) is 3. The van der Waals surface area contributed by atoms with Crippen molar-refractivity contribution in [2.24, 2.45) is 11.8 Å². The van der Waals surface area contributed by atoms with Crippen LogP contribution < -0.4 is 21.1 Å². The number of likely N-dealkylation sites (tertiary alicyclic amines) is 2. The molecule has 4 aliphatic heterocycles. The van der Waals surface area contributed by atoms with Crippen LogP contribution in [0.5, 0.6) is 0 Å². The van der Waals surface area contributed by atoms with Crippen LogP contribution in [0, 0.1) is 11.8 Å². The van der Waals surface area contributed by atoms with E-state index < -0.39 is 0 Å². The molecule has 0 bridgehead atoms. The highest BCUT2D eigenvalue weighted by Crippen LogP contribution is 2.28. The van der Waals surface area contributed by atoms with E-state index in [9.17, 15) is 24.0 Å². The van der Waals surface area contributed by atoms with Crippen molar-refractivity contribution in [3.63, 3.8) is 0 Å². The average molecular weight is 965 g/mol. The highest BCUT2D eigenvalue weighted by atomic mass is 16.2. The van der Waals surface area contributed by atoms with Gasteiger partial charge in [-0.3, -0.25) is 38.8 Å². The maximum absolute atomic E-state index is 14.2. The van der Waals surface area contributed by atoms with Crippen molar-refractivity contribution in [2.45, 2.75) is 58.9 Å². The predicted octanol–water partition coefficient (Wildman–Crippen LogP) is 4.53. The Hall–Kier alpha value is -6.56. The van der Waals surface area contributed by atoms with Gasteiger partial charge in [0.25, 0.3) is 17.4 Å². The molecule has 0 spiro atoms. The normalized spacial score (nSPS) is 18.6. The smallest absolute Gasteiger partial charge is 0.274 e. The molecule has 0 radical (unpaired) electrons. The average Bonchev–Trinajstić information content (AvgIpc) is 3.40. The van der Waals surface area contributed by atoms with Crippen molar-refractivity contribution >= 4 is 46.0 Å². The number of piperidine rings is 2. The van der Waals surface area contributed by atoms with Gasteiger partial charge in [0.05, 0.1) is 35.1 Å². The summed E-state index contributed by atoms with van der Waals surface area (Å²) in [5, 5.41) is 6.23. The lowest BCUT2D eigenvalue weighted by atomic mass is 9.95. The van der Waals surface area contributed by atoms with E-state index in [-0.39, 0.29) is 47.3 Å². The molecule has 4 fully saturated rings. The summed E-state index contributed by atoms with van der Waals surface area (Å²) in [7, 11) is 1.82. The fourth-order valence-electron chi connectivity index (χ4n) is 10.4. The molecule has 9 rings (SSSR count). The van der Waals surface area contributed by atoms with Crippen LogP contribution in [-0.4, -0.2) is 167 Å². The molecule has 0 unspecified atom stereocenters. The summed E-state index contributed by atoms with van der Waals surface area (Å²) in [5.74, 6) is 0.218. The zero-order chi connectivity index (χ0) is 49.4. The number of nitrogens with zero attached hydrogens (tertiary/aromatic N) is 9. The minimum atomic E-state index is -0.268. The van der Waals surface area contributed by atoms with E-state index in [1.54, 1.807) is 11.1 Å². The van der Waals surface area contributed by atoms with Gasteiger partial charge in [-0.05, 0) is 97.5 Å². The van der Waals surface area contributed by atoms with Crippen molar-refractivity contribution in [1.29, 1.82) is 0 Å². The third kappa shape index (κ3) is 12.1. The van der Waals surface area contributed by atoms with E-state index in [0.29, 0.717) is 69.4 Å². The molecule has 3 N–H and O–H groups in total. The van der Waals surface area contributed by atoms with Crippen LogP contribution in [0.25, 0.3) is 22.2 Å². The Balaban J connectivity index is 0.723. The van der Waals surface area contributed by atoms with Gasteiger partial charge in [0.1, 0.15) is 5.69 Å². The molecule has 4 aromatic heterocycles. The molecule has 8 heterocycles. The summed E-state index contributed by atoms with van der Waals surface area (Å²) in [6, 6.07) is 17.8. The van der Waals surface area contributed by atoms with Crippen LogP contribution in [0.2, 0.25) is 0 Å². The first-order valence-corrected chi connectivity index (χ1v) is 25.6. The standard InChI is InChI=1S/C54H68N12O5/c1-4-37-7-6-8-42(25-37)43-29-48(59-49(67)34-55-30-39-11-14-61(3)50(68)27-39)51(58-32-43)54(71)65-15-12-38(13-16-65)35-62-19-23-66(24-20-62)53(70)45-10-9-44(33-57-45)64-21-17-63(18-22-64)36-40-26-47-46(56-31-40)28-41(5-2)52(69)60-47/h6-10,25-26,28-29,31-33,38-39,55H,4-5,11-24,27,30,34-36H2,1-3H3,(H,59,67)(H,60,69)/t39-/m0/s1. The zero-order valence-electron chi connectivity index (χ0n) is 41.5. The van der Waals surface area contributed by atoms with Crippen molar-refractivity contribution in [3.05, 3.63) is 112 Å².